The lowest BCUT2D eigenvalue weighted by Gasteiger charge is -2.04. The smallest absolute Gasteiger partial charge is 0.316 e. The second-order valence-electron chi connectivity index (χ2n) is 3.64. The molecule has 0 saturated carbocycles. The third-order valence-electron chi connectivity index (χ3n) is 2.19. The number of hydrogen-bond donors (Lipinski definition) is 1. The van der Waals surface area contributed by atoms with E-state index < -0.39 is 38.1 Å². The average molecular weight is 301 g/mol. The summed E-state index contributed by atoms with van der Waals surface area (Å²) in [5.74, 6) is -2.47. The van der Waals surface area contributed by atoms with Gasteiger partial charge in [0.2, 0.25) is 0 Å². The van der Waals surface area contributed by atoms with Gasteiger partial charge in [0.1, 0.15) is 5.75 Å². The van der Waals surface area contributed by atoms with Crippen molar-refractivity contribution in [2.75, 3.05) is 17.3 Å². The Morgan fingerprint density at radius 3 is 2.68 bits per heavy atom. The number of hydrogen-bond acceptors (Lipinski definition) is 5. The van der Waals surface area contributed by atoms with Crippen molar-refractivity contribution in [1.29, 1.82) is 5.26 Å². The van der Waals surface area contributed by atoms with E-state index in [1.165, 1.54) is 24.3 Å². The summed E-state index contributed by atoms with van der Waals surface area (Å²) in [6, 6.07) is 7.32. The van der Waals surface area contributed by atoms with Crippen LogP contribution in [0.2, 0.25) is 0 Å². The maximum absolute atomic E-state index is 11.9. The zero-order valence-corrected chi connectivity index (χ0v) is 11.4. The Balaban J connectivity index is 2.79. The van der Waals surface area contributed by atoms with Crippen molar-refractivity contribution in [1.82, 2.24) is 0 Å². The maximum atomic E-state index is 11.9. The van der Waals surface area contributed by atoms with Gasteiger partial charge < -0.3 is 5.11 Å². The van der Waals surface area contributed by atoms with Gasteiger partial charge in [-0.3, -0.25) is 9.00 Å². The largest absolute Gasteiger partial charge is 0.481 e. The van der Waals surface area contributed by atoms with Crippen molar-refractivity contribution in [2.45, 2.75) is 4.90 Å². The summed E-state index contributed by atoms with van der Waals surface area (Å²) in [6.45, 7) is 0. The monoisotopic (exact) mass is 301 g/mol. The molecule has 0 aliphatic carbocycles. The van der Waals surface area contributed by atoms with Gasteiger partial charge in [0.15, 0.2) is 9.84 Å². The topological polar surface area (TPSA) is 112 Å². The third kappa shape index (κ3) is 4.81. The quantitative estimate of drug-likeness (QED) is 0.801. The van der Waals surface area contributed by atoms with Crippen LogP contribution in [0.4, 0.5) is 0 Å². The third-order valence-corrected chi connectivity index (χ3v) is 5.39. The lowest BCUT2D eigenvalue weighted by Crippen LogP contribution is -2.18. The minimum absolute atomic E-state index is 0.0288. The van der Waals surface area contributed by atoms with E-state index in [1.54, 1.807) is 0 Å². The number of aliphatic carboxylic acids is 1. The fourth-order valence-electron chi connectivity index (χ4n) is 1.29. The number of carboxylic acids is 1. The minimum Gasteiger partial charge on any atom is -0.481 e. The van der Waals surface area contributed by atoms with E-state index in [2.05, 4.69) is 0 Å². The van der Waals surface area contributed by atoms with E-state index >= 15 is 0 Å². The maximum Gasteiger partial charge on any atom is 0.316 e. The summed E-state index contributed by atoms with van der Waals surface area (Å²) >= 11 is 0. The van der Waals surface area contributed by atoms with Crippen LogP contribution in [0.1, 0.15) is 5.56 Å². The first-order valence-electron chi connectivity index (χ1n) is 5.15. The second-order valence-corrected chi connectivity index (χ2v) is 7.33. The van der Waals surface area contributed by atoms with E-state index in [9.17, 15) is 17.4 Å². The summed E-state index contributed by atoms with van der Waals surface area (Å²) < 4.78 is 35.1. The molecule has 0 heterocycles. The predicted octanol–water partition coefficient (Wildman–Crippen LogP) is 0.165. The second kappa shape index (κ2) is 6.45. The van der Waals surface area contributed by atoms with Crippen LogP contribution >= 0.6 is 0 Å². The number of benzene rings is 1. The Bertz CT molecular complexity index is 645. The van der Waals surface area contributed by atoms with Crippen LogP contribution in [0.25, 0.3) is 0 Å². The first kappa shape index (κ1) is 15.3. The van der Waals surface area contributed by atoms with Gasteiger partial charge in [-0.2, -0.15) is 5.26 Å². The molecule has 0 saturated heterocycles. The SMILES string of the molecule is N#Cc1cccc(S(=O)(=O)CCS(=O)CC(=O)O)c1. The zero-order chi connectivity index (χ0) is 14.5. The Kier molecular flexibility index (Phi) is 5.20. The molecule has 1 unspecified atom stereocenters. The summed E-state index contributed by atoms with van der Waals surface area (Å²) in [6.07, 6.45) is 0. The predicted molar refractivity (Wildman–Crippen MR) is 68.7 cm³/mol. The molecule has 0 spiro atoms. The number of nitriles is 1. The van der Waals surface area contributed by atoms with E-state index in [1.807, 2.05) is 6.07 Å². The highest BCUT2D eigenvalue weighted by molar-refractivity contribution is 7.93. The molecular formula is C11H11NO5S2. The minimum atomic E-state index is -3.66. The average Bonchev–Trinajstić information content (AvgIpc) is 2.36. The van der Waals surface area contributed by atoms with Crippen LogP contribution in [0.5, 0.6) is 0 Å². The lowest BCUT2D eigenvalue weighted by molar-refractivity contribution is -0.133. The highest BCUT2D eigenvalue weighted by Crippen LogP contribution is 2.13. The molecular weight excluding hydrogens is 290 g/mol. The molecule has 0 fully saturated rings. The standard InChI is InChI=1S/C11H11NO5S2/c12-7-9-2-1-3-10(6-9)19(16,17)5-4-18(15)8-11(13)14/h1-3,6H,4-5,8H2,(H,13,14). The van der Waals surface area contributed by atoms with Crippen LogP contribution < -0.4 is 0 Å². The van der Waals surface area contributed by atoms with Gasteiger partial charge in [-0.25, -0.2) is 8.42 Å². The molecule has 6 nitrogen and oxygen atoms in total. The molecule has 0 aliphatic rings. The number of nitrogens with zero attached hydrogens (tertiary/aromatic N) is 1. The first-order valence-corrected chi connectivity index (χ1v) is 8.29. The molecule has 0 amide bonds. The van der Waals surface area contributed by atoms with E-state index in [0.29, 0.717) is 0 Å². The van der Waals surface area contributed by atoms with Crippen molar-refractivity contribution in [3.05, 3.63) is 29.8 Å². The Labute approximate surface area is 113 Å². The number of carboxylic acid groups (broad SMARTS) is 1. The van der Waals surface area contributed by atoms with Gasteiger partial charge in [-0.05, 0) is 18.2 Å². The molecule has 102 valence electrons. The van der Waals surface area contributed by atoms with Crippen LogP contribution in [0, 0.1) is 11.3 Å². The molecule has 1 atom stereocenters. The normalized spacial score (nSPS) is 12.6. The number of carbonyl (C=O) groups is 1. The molecule has 0 bridgehead atoms. The molecule has 0 radical (unpaired) electrons. The first-order chi connectivity index (χ1) is 8.85. The molecule has 8 heteroatoms. The molecule has 1 N–H and O–H groups in total. The van der Waals surface area contributed by atoms with Gasteiger partial charge >= 0.3 is 5.97 Å². The van der Waals surface area contributed by atoms with E-state index in [4.69, 9.17) is 10.4 Å². The Morgan fingerprint density at radius 1 is 1.42 bits per heavy atom. The summed E-state index contributed by atoms with van der Waals surface area (Å²) in [5, 5.41) is 17.1. The highest BCUT2D eigenvalue weighted by Gasteiger charge is 2.17. The van der Waals surface area contributed by atoms with Crippen molar-refractivity contribution in [3.63, 3.8) is 0 Å². The van der Waals surface area contributed by atoms with Crippen molar-refractivity contribution in [2.24, 2.45) is 0 Å². The van der Waals surface area contributed by atoms with Crippen LogP contribution in [0.3, 0.4) is 0 Å². The Morgan fingerprint density at radius 2 is 2.11 bits per heavy atom. The molecule has 0 aromatic heterocycles. The summed E-state index contributed by atoms with van der Waals surface area (Å²) in [7, 11) is -5.38. The fourth-order valence-corrected chi connectivity index (χ4v) is 4.16. The van der Waals surface area contributed by atoms with Crippen molar-refractivity contribution < 1.29 is 22.5 Å². The van der Waals surface area contributed by atoms with E-state index in [0.717, 1.165) is 0 Å². The summed E-state index contributed by atoms with van der Waals surface area (Å²) in [4.78, 5) is 10.3. The molecule has 1 aromatic carbocycles. The van der Waals surface area contributed by atoms with Crippen molar-refractivity contribution >= 4 is 26.6 Å². The molecule has 1 rings (SSSR count). The number of rotatable bonds is 6. The fraction of sp³-hybridized carbons (Fsp3) is 0.273. The highest BCUT2D eigenvalue weighted by atomic mass is 32.2. The van der Waals surface area contributed by atoms with Gasteiger partial charge in [-0.1, -0.05) is 6.07 Å². The zero-order valence-electron chi connectivity index (χ0n) is 9.77. The molecule has 1 aromatic rings. The Hall–Kier alpha value is -1.72. The lowest BCUT2D eigenvalue weighted by atomic mass is 10.2. The van der Waals surface area contributed by atoms with E-state index in [-0.39, 0.29) is 16.2 Å². The molecule has 19 heavy (non-hydrogen) atoms. The molecule has 0 aliphatic heterocycles. The van der Waals surface area contributed by atoms with Gasteiger partial charge in [0.25, 0.3) is 0 Å². The van der Waals surface area contributed by atoms with Gasteiger partial charge in [0.05, 0.1) is 22.3 Å². The number of sulfone groups is 1. The van der Waals surface area contributed by atoms with Gasteiger partial charge in [-0.15, -0.1) is 0 Å². The van der Waals surface area contributed by atoms with Crippen LogP contribution in [0.15, 0.2) is 29.2 Å². The van der Waals surface area contributed by atoms with Crippen LogP contribution in [-0.2, 0) is 25.4 Å². The van der Waals surface area contributed by atoms with Gasteiger partial charge in [0, 0.05) is 16.6 Å². The van der Waals surface area contributed by atoms with Crippen molar-refractivity contribution in [3.8, 4) is 6.07 Å². The summed E-state index contributed by atoms with van der Waals surface area (Å²) in [5.41, 5.74) is 0.215. The van der Waals surface area contributed by atoms with Crippen LogP contribution in [-0.4, -0.2) is 41.0 Å².